The molecule has 4 N–H and O–H groups in total. The first-order chi connectivity index (χ1) is 9.09. The molecule has 1 unspecified atom stereocenters. The lowest BCUT2D eigenvalue weighted by atomic mass is 10.2. The average molecular weight is 337 g/mol. The quantitative estimate of drug-likeness (QED) is 0.644. The lowest BCUT2D eigenvalue weighted by Crippen LogP contribution is -2.35. The summed E-state index contributed by atoms with van der Waals surface area (Å²) in [6.45, 7) is 2.66. The van der Waals surface area contributed by atoms with Crippen LogP contribution in [0.15, 0.2) is 24.5 Å². The van der Waals surface area contributed by atoms with Crippen molar-refractivity contribution in [2.24, 2.45) is 5.73 Å². The summed E-state index contributed by atoms with van der Waals surface area (Å²) in [7, 11) is 0. The van der Waals surface area contributed by atoms with E-state index in [0.717, 1.165) is 0 Å². The van der Waals surface area contributed by atoms with Gasteiger partial charge in [0.05, 0.1) is 5.56 Å². The molecule has 0 aliphatic rings. The molecular weight excluding hydrogens is 315 g/mol. The van der Waals surface area contributed by atoms with E-state index in [9.17, 15) is 9.59 Å². The van der Waals surface area contributed by atoms with Crippen LogP contribution in [0.5, 0.6) is 0 Å². The smallest absolute Gasteiger partial charge is 0.252 e. The molecule has 0 aliphatic carbocycles. The summed E-state index contributed by atoms with van der Waals surface area (Å²) in [5, 5.41) is 5.42. The maximum Gasteiger partial charge on any atom is 0.252 e. The van der Waals surface area contributed by atoms with Gasteiger partial charge in [-0.3, -0.25) is 14.6 Å². The van der Waals surface area contributed by atoms with Crippen molar-refractivity contribution in [3.63, 3.8) is 0 Å². The van der Waals surface area contributed by atoms with E-state index >= 15 is 0 Å². The zero-order valence-corrected chi connectivity index (χ0v) is 13.5. The van der Waals surface area contributed by atoms with E-state index in [0.29, 0.717) is 31.5 Å². The number of nitrogens with zero attached hydrogens (tertiary/aromatic N) is 1. The van der Waals surface area contributed by atoms with Gasteiger partial charge in [-0.15, -0.1) is 24.8 Å². The third-order valence-corrected chi connectivity index (χ3v) is 2.48. The summed E-state index contributed by atoms with van der Waals surface area (Å²) in [6, 6.07) is 3.41. The van der Waals surface area contributed by atoms with E-state index < -0.39 is 0 Å². The maximum atomic E-state index is 11.6. The first kappa shape index (κ1) is 21.9. The number of halogens is 2. The minimum Gasteiger partial charge on any atom is -0.354 e. The van der Waals surface area contributed by atoms with Crippen molar-refractivity contribution in [2.75, 3.05) is 13.1 Å². The monoisotopic (exact) mass is 336 g/mol. The summed E-state index contributed by atoms with van der Waals surface area (Å²) < 4.78 is 0. The van der Waals surface area contributed by atoms with Gasteiger partial charge in [0, 0.05) is 37.9 Å². The average Bonchev–Trinajstić information content (AvgIpc) is 2.42. The number of pyridine rings is 1. The fraction of sp³-hybridized carbons (Fsp3) is 0.462. The number of amides is 2. The Labute approximate surface area is 137 Å². The number of nitrogens with two attached hydrogens (primary N) is 1. The number of hydrogen-bond donors (Lipinski definition) is 3. The Morgan fingerprint density at radius 2 is 1.95 bits per heavy atom. The molecule has 2 amide bonds. The fourth-order valence-corrected chi connectivity index (χ4v) is 1.42. The van der Waals surface area contributed by atoms with E-state index in [1.165, 1.54) is 6.20 Å². The van der Waals surface area contributed by atoms with Crippen LogP contribution in [-0.2, 0) is 4.79 Å². The standard InChI is InChI=1S/C13H20N4O2.2ClH/c1-10(14)4-5-12(18)16-7-8-17-13(19)11-3-2-6-15-9-11;;/h2-3,6,9-10H,4-5,7-8,14H2,1H3,(H,16,18)(H,17,19);2*1H. The third kappa shape index (κ3) is 10.1. The van der Waals surface area contributed by atoms with Gasteiger partial charge in [0.1, 0.15) is 0 Å². The van der Waals surface area contributed by atoms with Crippen LogP contribution in [0.3, 0.4) is 0 Å². The lowest BCUT2D eigenvalue weighted by molar-refractivity contribution is -0.121. The predicted molar refractivity (Wildman–Crippen MR) is 87.0 cm³/mol. The molecule has 1 aromatic rings. The van der Waals surface area contributed by atoms with Gasteiger partial charge in [0.15, 0.2) is 0 Å². The molecule has 0 aliphatic heterocycles. The van der Waals surface area contributed by atoms with Crippen LogP contribution in [0.2, 0.25) is 0 Å². The molecule has 1 aromatic heterocycles. The van der Waals surface area contributed by atoms with Crippen molar-refractivity contribution in [1.29, 1.82) is 0 Å². The molecule has 1 rings (SSSR count). The van der Waals surface area contributed by atoms with E-state index in [1.807, 2.05) is 6.92 Å². The van der Waals surface area contributed by atoms with Crippen molar-refractivity contribution in [3.8, 4) is 0 Å². The van der Waals surface area contributed by atoms with Gasteiger partial charge in [-0.25, -0.2) is 0 Å². The molecule has 1 heterocycles. The maximum absolute atomic E-state index is 11.6. The lowest BCUT2D eigenvalue weighted by Gasteiger charge is -2.08. The van der Waals surface area contributed by atoms with Crippen LogP contribution < -0.4 is 16.4 Å². The molecule has 0 saturated carbocycles. The fourth-order valence-electron chi connectivity index (χ4n) is 1.42. The van der Waals surface area contributed by atoms with Crippen LogP contribution in [0.1, 0.15) is 30.1 Å². The van der Waals surface area contributed by atoms with E-state index in [2.05, 4.69) is 15.6 Å². The molecule has 0 bridgehead atoms. The van der Waals surface area contributed by atoms with Crippen molar-refractivity contribution in [3.05, 3.63) is 30.1 Å². The molecule has 6 nitrogen and oxygen atoms in total. The van der Waals surface area contributed by atoms with Crippen LogP contribution in [0.25, 0.3) is 0 Å². The molecule has 0 radical (unpaired) electrons. The van der Waals surface area contributed by atoms with Gasteiger partial charge in [0.2, 0.25) is 5.91 Å². The highest BCUT2D eigenvalue weighted by Crippen LogP contribution is 1.94. The first-order valence-corrected chi connectivity index (χ1v) is 6.30. The van der Waals surface area contributed by atoms with Crippen molar-refractivity contribution < 1.29 is 9.59 Å². The molecule has 0 spiro atoms. The summed E-state index contributed by atoms with van der Waals surface area (Å²) in [5.41, 5.74) is 6.06. The highest BCUT2D eigenvalue weighted by Gasteiger charge is 2.05. The van der Waals surface area contributed by atoms with Crippen LogP contribution in [-0.4, -0.2) is 35.9 Å². The normalized spacial score (nSPS) is 10.6. The zero-order chi connectivity index (χ0) is 14.1. The highest BCUT2D eigenvalue weighted by atomic mass is 35.5. The number of nitrogens with one attached hydrogen (secondary N) is 2. The van der Waals surface area contributed by atoms with Crippen LogP contribution in [0.4, 0.5) is 0 Å². The topological polar surface area (TPSA) is 97.1 Å². The molecule has 1 atom stereocenters. The number of carbonyl (C=O) groups excluding carboxylic acids is 2. The second-order valence-electron chi connectivity index (χ2n) is 4.36. The minimum atomic E-state index is -0.196. The molecule has 0 aromatic carbocycles. The van der Waals surface area contributed by atoms with Gasteiger partial charge >= 0.3 is 0 Å². The number of hydrogen-bond acceptors (Lipinski definition) is 4. The van der Waals surface area contributed by atoms with Crippen molar-refractivity contribution in [1.82, 2.24) is 15.6 Å². The molecule has 21 heavy (non-hydrogen) atoms. The summed E-state index contributed by atoms with van der Waals surface area (Å²) in [5.74, 6) is -0.245. The van der Waals surface area contributed by atoms with Crippen LogP contribution in [0, 0.1) is 0 Å². The van der Waals surface area contributed by atoms with E-state index in [-0.39, 0.29) is 42.7 Å². The van der Waals surface area contributed by atoms with Gasteiger partial charge < -0.3 is 16.4 Å². The molecule has 8 heteroatoms. The Hall–Kier alpha value is -1.37. The van der Waals surface area contributed by atoms with Crippen molar-refractivity contribution >= 4 is 36.6 Å². The van der Waals surface area contributed by atoms with Gasteiger partial charge in [-0.1, -0.05) is 0 Å². The molecule has 120 valence electrons. The summed E-state index contributed by atoms with van der Waals surface area (Å²) in [6.07, 6.45) is 4.17. The Bertz CT molecular complexity index is 416. The Balaban J connectivity index is 0. The number of aromatic nitrogens is 1. The highest BCUT2D eigenvalue weighted by molar-refractivity contribution is 5.93. The number of rotatable bonds is 7. The van der Waals surface area contributed by atoms with Gasteiger partial charge in [0.25, 0.3) is 5.91 Å². The van der Waals surface area contributed by atoms with E-state index in [1.54, 1.807) is 18.3 Å². The largest absolute Gasteiger partial charge is 0.354 e. The second kappa shape index (κ2) is 12.4. The van der Waals surface area contributed by atoms with Gasteiger partial charge in [-0.2, -0.15) is 0 Å². The second-order valence-corrected chi connectivity index (χ2v) is 4.36. The summed E-state index contributed by atoms with van der Waals surface area (Å²) >= 11 is 0. The number of carbonyl (C=O) groups is 2. The predicted octanol–water partition coefficient (Wildman–Crippen LogP) is 0.899. The Morgan fingerprint density at radius 1 is 1.29 bits per heavy atom. The zero-order valence-electron chi connectivity index (χ0n) is 11.9. The van der Waals surface area contributed by atoms with E-state index in [4.69, 9.17) is 5.73 Å². The SMILES string of the molecule is CC(N)CCC(=O)NCCNC(=O)c1cccnc1.Cl.Cl. The van der Waals surface area contributed by atoms with Crippen molar-refractivity contribution in [2.45, 2.75) is 25.8 Å². The minimum absolute atomic E-state index is 0. The van der Waals surface area contributed by atoms with Gasteiger partial charge in [-0.05, 0) is 25.5 Å². The third-order valence-electron chi connectivity index (χ3n) is 2.48. The molecule has 0 saturated heterocycles. The Morgan fingerprint density at radius 3 is 2.52 bits per heavy atom. The molecular formula is C13H22Cl2N4O2. The van der Waals surface area contributed by atoms with Crippen LogP contribution >= 0.6 is 24.8 Å². The Kier molecular flexibility index (Phi) is 12.9. The molecule has 0 fully saturated rings. The first-order valence-electron chi connectivity index (χ1n) is 6.30. The summed E-state index contributed by atoms with van der Waals surface area (Å²) in [4.78, 5) is 26.9.